The number of ether oxygens (including phenoxy) is 1. The molecule has 0 spiro atoms. The first-order valence-corrected chi connectivity index (χ1v) is 9.01. The summed E-state index contributed by atoms with van der Waals surface area (Å²) in [7, 11) is 1.61. The summed E-state index contributed by atoms with van der Waals surface area (Å²) in [6, 6.07) is 16.0. The monoisotopic (exact) mass is 363 g/mol. The van der Waals surface area contributed by atoms with Crippen LogP contribution >= 0.6 is 0 Å². The zero-order valence-electron chi connectivity index (χ0n) is 16.2. The van der Waals surface area contributed by atoms with Crippen LogP contribution in [0.5, 0.6) is 0 Å². The number of methoxy groups -OCH3 is 1. The van der Waals surface area contributed by atoms with Gasteiger partial charge in [0.15, 0.2) is 0 Å². The van der Waals surface area contributed by atoms with Gasteiger partial charge in [0.25, 0.3) is 5.91 Å². The van der Waals surface area contributed by atoms with Gasteiger partial charge in [0.05, 0.1) is 18.0 Å². The molecule has 0 bridgehead atoms. The van der Waals surface area contributed by atoms with E-state index in [0.29, 0.717) is 18.8 Å². The molecule has 1 N–H and O–H groups in total. The Labute approximate surface area is 160 Å². The number of carbonyl (C=O) groups excluding carboxylic acids is 1. The van der Waals surface area contributed by atoms with Crippen molar-refractivity contribution < 1.29 is 9.53 Å². The van der Waals surface area contributed by atoms with Gasteiger partial charge in [0.2, 0.25) is 0 Å². The van der Waals surface area contributed by atoms with Gasteiger partial charge >= 0.3 is 0 Å². The number of rotatable bonds is 6. The molecule has 0 unspecified atom stereocenters. The molecule has 2 aromatic carbocycles. The predicted molar refractivity (Wildman–Crippen MR) is 107 cm³/mol. The Morgan fingerprint density at radius 3 is 2.59 bits per heavy atom. The molecule has 5 nitrogen and oxygen atoms in total. The largest absolute Gasteiger partial charge is 0.383 e. The van der Waals surface area contributed by atoms with E-state index in [1.165, 1.54) is 11.1 Å². The van der Waals surface area contributed by atoms with Gasteiger partial charge in [0.1, 0.15) is 5.69 Å². The van der Waals surface area contributed by atoms with Gasteiger partial charge in [-0.05, 0) is 61.7 Å². The maximum atomic E-state index is 12.7. The molecule has 3 rings (SSSR count). The average Bonchev–Trinajstić information content (AvgIpc) is 3.10. The van der Waals surface area contributed by atoms with Crippen LogP contribution in [0.25, 0.3) is 16.9 Å². The molecule has 3 aromatic rings. The summed E-state index contributed by atoms with van der Waals surface area (Å²) in [6.45, 7) is 7.10. The maximum absolute atomic E-state index is 12.7. The number of aromatic nitrogens is 2. The van der Waals surface area contributed by atoms with Gasteiger partial charge < -0.3 is 10.1 Å². The third kappa shape index (κ3) is 4.26. The Bertz CT molecular complexity index is 960. The molecule has 0 saturated carbocycles. The zero-order valence-corrected chi connectivity index (χ0v) is 16.2. The third-order valence-electron chi connectivity index (χ3n) is 4.58. The number of hydrogen-bond acceptors (Lipinski definition) is 3. The highest BCUT2D eigenvalue weighted by Gasteiger charge is 2.17. The lowest BCUT2D eigenvalue weighted by Gasteiger charge is -2.08. The molecule has 0 radical (unpaired) electrons. The van der Waals surface area contributed by atoms with E-state index < -0.39 is 0 Å². The second kappa shape index (κ2) is 8.18. The van der Waals surface area contributed by atoms with Gasteiger partial charge in [-0.2, -0.15) is 5.10 Å². The lowest BCUT2D eigenvalue weighted by Crippen LogP contribution is -2.28. The lowest BCUT2D eigenvalue weighted by atomic mass is 10.0. The highest BCUT2D eigenvalue weighted by Crippen LogP contribution is 2.24. The summed E-state index contributed by atoms with van der Waals surface area (Å²) in [5.74, 6) is -0.170. The summed E-state index contributed by atoms with van der Waals surface area (Å²) >= 11 is 0. The van der Waals surface area contributed by atoms with E-state index in [1.807, 2.05) is 43.3 Å². The standard InChI is InChI=1S/C22H25N3O2/c1-15-6-5-7-19(12-15)25-21(22(26)23-10-11-27-4)14-20(24-25)18-9-8-16(2)17(3)13-18/h5-9,12-14H,10-11H2,1-4H3,(H,23,26). The van der Waals surface area contributed by atoms with Crippen molar-refractivity contribution in [1.82, 2.24) is 15.1 Å². The zero-order chi connectivity index (χ0) is 19.4. The molecule has 0 fully saturated rings. The molecule has 1 heterocycles. The minimum atomic E-state index is -0.170. The van der Waals surface area contributed by atoms with E-state index in [1.54, 1.807) is 11.8 Å². The van der Waals surface area contributed by atoms with E-state index in [9.17, 15) is 4.79 Å². The molecular formula is C22H25N3O2. The van der Waals surface area contributed by atoms with Gasteiger partial charge in [-0.3, -0.25) is 4.79 Å². The number of amides is 1. The molecule has 0 aliphatic carbocycles. The molecule has 5 heteroatoms. The van der Waals surface area contributed by atoms with Crippen LogP contribution in [0.3, 0.4) is 0 Å². The quantitative estimate of drug-likeness (QED) is 0.677. The highest BCUT2D eigenvalue weighted by molar-refractivity contribution is 5.94. The Hall–Kier alpha value is -2.92. The van der Waals surface area contributed by atoms with E-state index in [4.69, 9.17) is 9.84 Å². The van der Waals surface area contributed by atoms with E-state index in [-0.39, 0.29) is 5.91 Å². The number of aryl methyl sites for hydroxylation is 3. The van der Waals surface area contributed by atoms with Crippen LogP contribution < -0.4 is 5.32 Å². The molecule has 27 heavy (non-hydrogen) atoms. The molecular weight excluding hydrogens is 338 g/mol. The summed E-state index contributed by atoms with van der Waals surface area (Å²) in [5.41, 5.74) is 6.68. The third-order valence-corrected chi connectivity index (χ3v) is 4.58. The van der Waals surface area contributed by atoms with Crippen LogP contribution in [-0.2, 0) is 4.74 Å². The number of nitrogens with zero attached hydrogens (tertiary/aromatic N) is 2. The second-order valence-corrected chi connectivity index (χ2v) is 6.71. The van der Waals surface area contributed by atoms with Crippen molar-refractivity contribution in [1.29, 1.82) is 0 Å². The minimum absolute atomic E-state index is 0.170. The molecule has 140 valence electrons. The average molecular weight is 363 g/mol. The number of hydrogen-bond donors (Lipinski definition) is 1. The van der Waals surface area contributed by atoms with Crippen molar-refractivity contribution in [2.24, 2.45) is 0 Å². The SMILES string of the molecule is COCCNC(=O)c1cc(-c2ccc(C)c(C)c2)nn1-c1cccc(C)c1. The first-order chi connectivity index (χ1) is 13.0. The van der Waals surface area contributed by atoms with E-state index >= 15 is 0 Å². The van der Waals surface area contributed by atoms with Gasteiger partial charge in [-0.15, -0.1) is 0 Å². The highest BCUT2D eigenvalue weighted by atomic mass is 16.5. The van der Waals surface area contributed by atoms with Crippen LogP contribution in [0.2, 0.25) is 0 Å². The minimum Gasteiger partial charge on any atom is -0.383 e. The van der Waals surface area contributed by atoms with Crippen molar-refractivity contribution >= 4 is 5.91 Å². The van der Waals surface area contributed by atoms with Crippen LogP contribution in [-0.4, -0.2) is 35.9 Å². The van der Waals surface area contributed by atoms with Gasteiger partial charge in [-0.25, -0.2) is 4.68 Å². The summed E-state index contributed by atoms with van der Waals surface area (Å²) < 4.78 is 6.73. The van der Waals surface area contributed by atoms with Gasteiger partial charge in [0, 0.05) is 19.2 Å². The maximum Gasteiger partial charge on any atom is 0.270 e. The Morgan fingerprint density at radius 2 is 1.89 bits per heavy atom. The van der Waals surface area contributed by atoms with Crippen LogP contribution in [0.4, 0.5) is 0 Å². The van der Waals surface area contributed by atoms with Crippen LogP contribution in [0, 0.1) is 20.8 Å². The Balaban J connectivity index is 2.05. The molecule has 1 amide bonds. The van der Waals surface area contributed by atoms with Crippen molar-refractivity contribution in [2.75, 3.05) is 20.3 Å². The summed E-state index contributed by atoms with van der Waals surface area (Å²) in [4.78, 5) is 12.7. The number of benzene rings is 2. The Kier molecular flexibility index (Phi) is 5.72. The Morgan fingerprint density at radius 1 is 1.07 bits per heavy atom. The smallest absolute Gasteiger partial charge is 0.270 e. The fourth-order valence-corrected chi connectivity index (χ4v) is 2.90. The van der Waals surface area contributed by atoms with Crippen molar-refractivity contribution in [3.63, 3.8) is 0 Å². The number of nitrogens with one attached hydrogen (secondary N) is 1. The summed E-state index contributed by atoms with van der Waals surface area (Å²) in [6.07, 6.45) is 0. The fourth-order valence-electron chi connectivity index (χ4n) is 2.90. The van der Waals surface area contributed by atoms with Gasteiger partial charge in [-0.1, -0.05) is 24.3 Å². The molecule has 0 aliphatic heterocycles. The first-order valence-electron chi connectivity index (χ1n) is 9.01. The van der Waals surface area contributed by atoms with Crippen molar-refractivity contribution in [3.8, 4) is 16.9 Å². The normalized spacial score (nSPS) is 10.8. The fraction of sp³-hybridized carbons (Fsp3) is 0.273. The summed E-state index contributed by atoms with van der Waals surface area (Å²) in [5, 5.41) is 7.62. The molecule has 0 aliphatic rings. The van der Waals surface area contributed by atoms with E-state index in [2.05, 4.69) is 31.3 Å². The van der Waals surface area contributed by atoms with Crippen molar-refractivity contribution in [2.45, 2.75) is 20.8 Å². The topological polar surface area (TPSA) is 56.1 Å². The number of carbonyl (C=O) groups is 1. The molecule has 0 saturated heterocycles. The first kappa shape index (κ1) is 18.9. The van der Waals surface area contributed by atoms with E-state index in [0.717, 1.165) is 22.5 Å². The lowest BCUT2D eigenvalue weighted by molar-refractivity contribution is 0.0929. The van der Waals surface area contributed by atoms with Crippen LogP contribution in [0.1, 0.15) is 27.2 Å². The second-order valence-electron chi connectivity index (χ2n) is 6.71. The molecule has 0 atom stereocenters. The predicted octanol–water partition coefficient (Wildman–Crippen LogP) is 3.84. The molecule has 1 aromatic heterocycles. The van der Waals surface area contributed by atoms with Crippen molar-refractivity contribution in [3.05, 3.63) is 70.9 Å². The van der Waals surface area contributed by atoms with Crippen LogP contribution in [0.15, 0.2) is 48.5 Å².